The summed E-state index contributed by atoms with van der Waals surface area (Å²) in [4.78, 5) is 29.3. The second kappa shape index (κ2) is 7.02. The molecule has 2 amide bonds. The van der Waals surface area contributed by atoms with Crippen LogP contribution in [0, 0.1) is 5.82 Å². The number of nitrogens with zero attached hydrogens (tertiary/aromatic N) is 2. The van der Waals surface area contributed by atoms with Crippen molar-refractivity contribution in [3.05, 3.63) is 65.0 Å². The highest BCUT2D eigenvalue weighted by Crippen LogP contribution is 2.34. The number of benzene rings is 2. The van der Waals surface area contributed by atoms with Crippen LogP contribution in [0.3, 0.4) is 0 Å². The van der Waals surface area contributed by atoms with Gasteiger partial charge in [-0.1, -0.05) is 12.1 Å². The largest absolute Gasteiger partial charge is 0.354 e. The summed E-state index contributed by atoms with van der Waals surface area (Å²) in [6, 6.07) is 11.3. The van der Waals surface area contributed by atoms with Crippen molar-refractivity contribution >= 4 is 17.5 Å². The van der Waals surface area contributed by atoms with Crippen LogP contribution in [0.1, 0.15) is 45.5 Å². The van der Waals surface area contributed by atoms with E-state index in [1.54, 1.807) is 30.3 Å². The standard InChI is InChI=1S/C21H22FN3O2/c1-24-18-12-15(20(26)23-13-14-5-4-6-16(22)11-14)8-9-17(18)21(27)25-10-3-2-7-19(24)25/h4-6,8-9,11-12,19H,2-3,7,10,13H2,1H3,(H,23,26). The Bertz CT molecular complexity index is 899. The Kier molecular flexibility index (Phi) is 4.56. The van der Waals surface area contributed by atoms with Gasteiger partial charge in [0.1, 0.15) is 12.0 Å². The van der Waals surface area contributed by atoms with Crippen LogP contribution in [0.15, 0.2) is 42.5 Å². The summed E-state index contributed by atoms with van der Waals surface area (Å²) >= 11 is 0. The van der Waals surface area contributed by atoms with Gasteiger partial charge in [-0.2, -0.15) is 0 Å². The second-order valence-electron chi connectivity index (χ2n) is 7.13. The zero-order chi connectivity index (χ0) is 19.0. The van der Waals surface area contributed by atoms with E-state index in [-0.39, 0.29) is 30.3 Å². The van der Waals surface area contributed by atoms with E-state index in [4.69, 9.17) is 0 Å². The Morgan fingerprint density at radius 2 is 2.07 bits per heavy atom. The molecule has 5 nitrogen and oxygen atoms in total. The van der Waals surface area contributed by atoms with Crippen molar-refractivity contribution in [1.29, 1.82) is 0 Å². The molecule has 1 N–H and O–H groups in total. The average molecular weight is 367 g/mol. The number of anilines is 1. The van der Waals surface area contributed by atoms with Crippen LogP contribution < -0.4 is 10.2 Å². The van der Waals surface area contributed by atoms with Gasteiger partial charge in [0.2, 0.25) is 0 Å². The van der Waals surface area contributed by atoms with E-state index in [9.17, 15) is 14.0 Å². The van der Waals surface area contributed by atoms with Gasteiger partial charge in [0, 0.05) is 25.7 Å². The first-order chi connectivity index (χ1) is 13.0. The van der Waals surface area contributed by atoms with Crippen LogP contribution in [0.5, 0.6) is 0 Å². The van der Waals surface area contributed by atoms with Crippen molar-refractivity contribution in [2.45, 2.75) is 32.0 Å². The van der Waals surface area contributed by atoms with E-state index in [0.717, 1.165) is 31.5 Å². The molecule has 1 saturated heterocycles. The maximum absolute atomic E-state index is 13.3. The summed E-state index contributed by atoms with van der Waals surface area (Å²) in [5.74, 6) is -0.527. The Morgan fingerprint density at radius 3 is 2.89 bits per heavy atom. The molecular formula is C21H22FN3O2. The lowest BCUT2D eigenvalue weighted by molar-refractivity contribution is 0.0589. The van der Waals surface area contributed by atoms with Crippen molar-refractivity contribution in [3.63, 3.8) is 0 Å². The van der Waals surface area contributed by atoms with E-state index in [2.05, 4.69) is 10.2 Å². The molecule has 0 aliphatic carbocycles. The number of fused-ring (bicyclic) bond motifs is 2. The number of carbonyl (C=O) groups excluding carboxylic acids is 2. The molecule has 0 spiro atoms. The van der Waals surface area contributed by atoms with Crippen LogP contribution in [0.2, 0.25) is 0 Å². The van der Waals surface area contributed by atoms with E-state index < -0.39 is 0 Å². The molecule has 2 aliphatic rings. The highest BCUT2D eigenvalue weighted by Gasteiger charge is 2.37. The summed E-state index contributed by atoms with van der Waals surface area (Å²) in [5.41, 5.74) is 2.62. The van der Waals surface area contributed by atoms with Gasteiger partial charge in [0.05, 0.1) is 11.3 Å². The second-order valence-corrected chi connectivity index (χ2v) is 7.13. The van der Waals surface area contributed by atoms with Gasteiger partial charge in [0.25, 0.3) is 11.8 Å². The third-order valence-electron chi connectivity index (χ3n) is 5.39. The van der Waals surface area contributed by atoms with E-state index in [0.29, 0.717) is 16.7 Å². The maximum Gasteiger partial charge on any atom is 0.257 e. The molecule has 2 heterocycles. The summed E-state index contributed by atoms with van der Waals surface area (Å²) in [6.07, 6.45) is 3.13. The number of hydrogen-bond acceptors (Lipinski definition) is 3. The van der Waals surface area contributed by atoms with Gasteiger partial charge in [-0.15, -0.1) is 0 Å². The molecule has 1 fully saturated rings. The summed E-state index contributed by atoms with van der Waals surface area (Å²) in [5, 5.41) is 2.81. The quantitative estimate of drug-likeness (QED) is 0.907. The number of hydrogen-bond donors (Lipinski definition) is 1. The third-order valence-corrected chi connectivity index (χ3v) is 5.39. The average Bonchev–Trinajstić information content (AvgIpc) is 2.70. The number of nitrogens with one attached hydrogen (secondary N) is 1. The highest BCUT2D eigenvalue weighted by atomic mass is 19.1. The van der Waals surface area contributed by atoms with Crippen molar-refractivity contribution in [2.75, 3.05) is 18.5 Å². The van der Waals surface area contributed by atoms with Crippen molar-refractivity contribution in [3.8, 4) is 0 Å². The minimum atomic E-state index is -0.326. The predicted molar refractivity (Wildman–Crippen MR) is 101 cm³/mol. The lowest BCUT2D eigenvalue weighted by Gasteiger charge is -2.46. The minimum Gasteiger partial charge on any atom is -0.354 e. The molecule has 27 heavy (non-hydrogen) atoms. The van der Waals surface area contributed by atoms with Crippen molar-refractivity contribution in [2.24, 2.45) is 0 Å². The van der Waals surface area contributed by atoms with Crippen LogP contribution in [0.4, 0.5) is 10.1 Å². The fraction of sp³-hybridized carbons (Fsp3) is 0.333. The highest BCUT2D eigenvalue weighted by molar-refractivity contribution is 6.04. The van der Waals surface area contributed by atoms with Crippen LogP contribution in [-0.2, 0) is 6.54 Å². The zero-order valence-electron chi connectivity index (χ0n) is 15.2. The number of amides is 2. The Balaban J connectivity index is 1.54. The van der Waals surface area contributed by atoms with Crippen LogP contribution in [0.25, 0.3) is 0 Å². The Morgan fingerprint density at radius 1 is 1.22 bits per heavy atom. The third kappa shape index (κ3) is 3.27. The zero-order valence-corrected chi connectivity index (χ0v) is 15.2. The van der Waals surface area contributed by atoms with Crippen molar-refractivity contribution < 1.29 is 14.0 Å². The lowest BCUT2D eigenvalue weighted by Crippen LogP contribution is -2.55. The van der Waals surface area contributed by atoms with Gasteiger partial charge >= 0.3 is 0 Å². The fourth-order valence-electron chi connectivity index (χ4n) is 3.95. The van der Waals surface area contributed by atoms with Gasteiger partial charge in [-0.25, -0.2) is 4.39 Å². The summed E-state index contributed by atoms with van der Waals surface area (Å²) in [7, 11) is 1.97. The molecule has 1 unspecified atom stereocenters. The molecule has 2 aromatic carbocycles. The number of carbonyl (C=O) groups is 2. The van der Waals surface area contributed by atoms with Crippen LogP contribution >= 0.6 is 0 Å². The topological polar surface area (TPSA) is 52.7 Å². The monoisotopic (exact) mass is 367 g/mol. The molecular weight excluding hydrogens is 345 g/mol. The normalized spacial score (nSPS) is 18.7. The van der Waals surface area contributed by atoms with Crippen LogP contribution in [-0.4, -0.2) is 36.5 Å². The Hall–Kier alpha value is -2.89. The number of rotatable bonds is 3. The minimum absolute atomic E-state index is 0.0412. The molecule has 1 atom stereocenters. The summed E-state index contributed by atoms with van der Waals surface area (Å²) < 4.78 is 13.3. The molecule has 2 aliphatic heterocycles. The molecule has 0 saturated carbocycles. The van der Waals surface area contributed by atoms with E-state index >= 15 is 0 Å². The molecule has 6 heteroatoms. The molecule has 4 rings (SSSR count). The Labute approximate surface area is 157 Å². The fourth-order valence-corrected chi connectivity index (χ4v) is 3.95. The van der Waals surface area contributed by atoms with Crippen molar-refractivity contribution in [1.82, 2.24) is 10.2 Å². The molecule has 0 bridgehead atoms. The van der Waals surface area contributed by atoms with E-state index in [1.165, 1.54) is 12.1 Å². The summed E-state index contributed by atoms with van der Waals surface area (Å²) in [6.45, 7) is 1.03. The van der Waals surface area contributed by atoms with Gasteiger partial charge in [-0.05, 0) is 55.2 Å². The smallest absolute Gasteiger partial charge is 0.257 e. The van der Waals surface area contributed by atoms with Gasteiger partial charge in [-0.3, -0.25) is 9.59 Å². The molecule has 0 aromatic heterocycles. The maximum atomic E-state index is 13.3. The predicted octanol–water partition coefficient (Wildman–Crippen LogP) is 3.16. The lowest BCUT2D eigenvalue weighted by atomic mass is 9.97. The first kappa shape index (κ1) is 17.5. The number of halogens is 1. The van der Waals surface area contributed by atoms with Gasteiger partial charge < -0.3 is 15.1 Å². The van der Waals surface area contributed by atoms with E-state index in [1.807, 2.05) is 11.9 Å². The molecule has 140 valence electrons. The number of piperidine rings is 1. The first-order valence-corrected chi connectivity index (χ1v) is 9.25. The SMILES string of the molecule is CN1c2cc(C(=O)NCc3cccc(F)c3)ccc2C(=O)N2CCCCC21. The first-order valence-electron chi connectivity index (χ1n) is 9.25. The molecule has 2 aromatic rings. The molecule has 0 radical (unpaired) electrons. The van der Waals surface area contributed by atoms with Gasteiger partial charge in [0.15, 0.2) is 0 Å².